The Labute approximate surface area is 98.2 Å². The quantitative estimate of drug-likeness (QED) is 0.636. The summed E-state index contributed by atoms with van der Waals surface area (Å²) in [6, 6.07) is 4.22. The summed E-state index contributed by atoms with van der Waals surface area (Å²) in [6.45, 7) is 2.13. The molecule has 16 heavy (non-hydrogen) atoms. The van der Waals surface area contributed by atoms with Crippen LogP contribution >= 0.6 is 11.8 Å². The van der Waals surface area contributed by atoms with Crippen molar-refractivity contribution in [3.8, 4) is 0 Å². The maximum Gasteiger partial charge on any atom is 0.315 e. The summed E-state index contributed by atoms with van der Waals surface area (Å²) in [5.41, 5.74) is 6.91. The summed E-state index contributed by atoms with van der Waals surface area (Å²) < 4.78 is 17.7. The summed E-state index contributed by atoms with van der Waals surface area (Å²) in [4.78, 5) is 11.0. The predicted molar refractivity (Wildman–Crippen MR) is 63.6 cm³/mol. The van der Waals surface area contributed by atoms with Crippen molar-refractivity contribution < 1.29 is 13.9 Å². The van der Waals surface area contributed by atoms with E-state index in [1.54, 1.807) is 6.92 Å². The number of thioether (sulfide) groups is 1. The lowest BCUT2D eigenvalue weighted by atomic mass is 10.2. The van der Waals surface area contributed by atoms with Gasteiger partial charge in [0.2, 0.25) is 0 Å². The molecule has 0 heterocycles. The van der Waals surface area contributed by atoms with Gasteiger partial charge in [0.25, 0.3) is 0 Å². The Morgan fingerprint density at radius 3 is 3.00 bits per heavy atom. The highest BCUT2D eigenvalue weighted by molar-refractivity contribution is 7.99. The number of anilines is 1. The summed E-state index contributed by atoms with van der Waals surface area (Å²) in [5.74, 6) is 0.176. The van der Waals surface area contributed by atoms with Gasteiger partial charge in [0.1, 0.15) is 5.82 Å². The molecule has 5 heteroatoms. The first kappa shape index (κ1) is 12.8. The molecule has 0 unspecified atom stereocenters. The molecule has 0 bridgehead atoms. The number of nitrogens with two attached hydrogens (primary N) is 1. The minimum atomic E-state index is -0.319. The molecule has 1 aromatic carbocycles. The normalized spacial score (nSPS) is 10.1. The molecule has 1 aromatic rings. The highest BCUT2D eigenvalue weighted by Gasteiger charge is 2.05. The number of ether oxygens (including phenoxy) is 1. The third-order valence-corrected chi connectivity index (χ3v) is 2.84. The molecule has 0 spiro atoms. The lowest BCUT2D eigenvalue weighted by Gasteiger charge is -2.05. The molecule has 0 aliphatic carbocycles. The lowest BCUT2D eigenvalue weighted by Crippen LogP contribution is -2.07. The van der Waals surface area contributed by atoms with E-state index < -0.39 is 0 Å². The van der Waals surface area contributed by atoms with Crippen LogP contribution < -0.4 is 5.73 Å². The molecule has 0 saturated heterocycles. The van der Waals surface area contributed by atoms with E-state index in [4.69, 9.17) is 10.5 Å². The largest absolute Gasteiger partial charge is 0.465 e. The van der Waals surface area contributed by atoms with E-state index in [1.807, 2.05) is 0 Å². The minimum absolute atomic E-state index is 0.254. The molecule has 0 fully saturated rings. The van der Waals surface area contributed by atoms with Crippen LogP contribution in [0.5, 0.6) is 0 Å². The molecule has 3 nitrogen and oxygen atoms in total. The van der Waals surface area contributed by atoms with Crippen LogP contribution in [-0.4, -0.2) is 18.3 Å². The first-order valence-corrected chi connectivity index (χ1v) is 6.06. The van der Waals surface area contributed by atoms with E-state index >= 15 is 0 Å². The number of carbonyl (C=O) groups excluding carboxylic acids is 1. The van der Waals surface area contributed by atoms with Gasteiger partial charge in [0.15, 0.2) is 0 Å². The van der Waals surface area contributed by atoms with Crippen molar-refractivity contribution in [2.24, 2.45) is 0 Å². The van der Waals surface area contributed by atoms with Crippen LogP contribution in [0.1, 0.15) is 12.5 Å². The zero-order valence-electron chi connectivity index (χ0n) is 9.03. The molecular weight excluding hydrogens is 229 g/mol. The van der Waals surface area contributed by atoms with Gasteiger partial charge in [-0.2, -0.15) is 0 Å². The number of rotatable bonds is 5. The zero-order valence-corrected chi connectivity index (χ0v) is 9.85. The summed E-state index contributed by atoms with van der Waals surface area (Å²) in [7, 11) is 0. The number of carbonyl (C=O) groups is 1. The average Bonchev–Trinajstić information content (AvgIpc) is 2.23. The van der Waals surface area contributed by atoms with Crippen molar-refractivity contribution in [3.63, 3.8) is 0 Å². The minimum Gasteiger partial charge on any atom is -0.465 e. The SMILES string of the molecule is CCOC(=O)CSCc1cc(F)ccc1N. The molecule has 2 N–H and O–H groups in total. The topological polar surface area (TPSA) is 52.3 Å². The van der Waals surface area contributed by atoms with E-state index in [0.717, 1.165) is 0 Å². The van der Waals surface area contributed by atoms with E-state index in [-0.39, 0.29) is 17.5 Å². The van der Waals surface area contributed by atoms with Crippen LogP contribution in [0.3, 0.4) is 0 Å². The Morgan fingerprint density at radius 2 is 2.31 bits per heavy atom. The monoisotopic (exact) mass is 243 g/mol. The van der Waals surface area contributed by atoms with Gasteiger partial charge in [-0.15, -0.1) is 11.8 Å². The van der Waals surface area contributed by atoms with Crippen LogP contribution in [0, 0.1) is 5.82 Å². The highest BCUT2D eigenvalue weighted by atomic mass is 32.2. The zero-order chi connectivity index (χ0) is 12.0. The van der Waals surface area contributed by atoms with Crippen LogP contribution in [0.2, 0.25) is 0 Å². The van der Waals surface area contributed by atoms with Crippen molar-refractivity contribution in [3.05, 3.63) is 29.6 Å². The van der Waals surface area contributed by atoms with E-state index in [2.05, 4.69) is 0 Å². The summed E-state index contributed by atoms with van der Waals surface area (Å²) in [6.07, 6.45) is 0. The van der Waals surface area contributed by atoms with Crippen molar-refractivity contribution in [2.75, 3.05) is 18.1 Å². The average molecular weight is 243 g/mol. The Bertz CT molecular complexity index is 371. The molecule has 0 amide bonds. The van der Waals surface area contributed by atoms with E-state index in [1.165, 1.54) is 30.0 Å². The maximum absolute atomic E-state index is 12.9. The van der Waals surface area contributed by atoms with E-state index in [0.29, 0.717) is 23.6 Å². The Kier molecular flexibility index (Phi) is 5.11. The number of nitrogen functional groups attached to an aromatic ring is 1. The number of esters is 1. The van der Waals surface area contributed by atoms with Crippen molar-refractivity contribution in [1.29, 1.82) is 0 Å². The number of hydrogen-bond donors (Lipinski definition) is 1. The summed E-state index contributed by atoms with van der Waals surface area (Å²) in [5, 5.41) is 0. The van der Waals surface area contributed by atoms with Crippen LogP contribution in [0.4, 0.5) is 10.1 Å². The van der Waals surface area contributed by atoms with Crippen LogP contribution in [-0.2, 0) is 15.3 Å². The number of hydrogen-bond acceptors (Lipinski definition) is 4. The summed E-state index contributed by atoms with van der Waals surface area (Å²) >= 11 is 1.36. The van der Waals surface area contributed by atoms with Gasteiger partial charge in [-0.3, -0.25) is 4.79 Å². The number of halogens is 1. The molecule has 1 rings (SSSR count). The van der Waals surface area contributed by atoms with Gasteiger partial charge < -0.3 is 10.5 Å². The Balaban J connectivity index is 2.42. The molecular formula is C11H14FNO2S. The van der Waals surface area contributed by atoms with Gasteiger partial charge in [-0.25, -0.2) is 4.39 Å². The molecule has 0 atom stereocenters. The molecule has 0 aromatic heterocycles. The first-order chi connectivity index (χ1) is 7.63. The fourth-order valence-corrected chi connectivity index (χ4v) is 1.97. The molecule has 0 radical (unpaired) electrons. The van der Waals surface area contributed by atoms with Gasteiger partial charge in [-0.05, 0) is 30.7 Å². The second-order valence-electron chi connectivity index (χ2n) is 3.14. The van der Waals surface area contributed by atoms with Gasteiger partial charge >= 0.3 is 5.97 Å². The second kappa shape index (κ2) is 6.37. The van der Waals surface area contributed by atoms with E-state index in [9.17, 15) is 9.18 Å². The third kappa shape index (κ3) is 4.10. The second-order valence-corrected chi connectivity index (χ2v) is 4.13. The molecule has 0 aliphatic rings. The highest BCUT2D eigenvalue weighted by Crippen LogP contribution is 2.19. The third-order valence-electron chi connectivity index (χ3n) is 1.89. The standard InChI is InChI=1S/C11H14FNO2S/c1-2-15-11(14)7-16-6-8-5-9(12)3-4-10(8)13/h3-5H,2,6-7,13H2,1H3. The lowest BCUT2D eigenvalue weighted by molar-refractivity contribution is -0.139. The molecule has 0 aliphatic heterocycles. The van der Waals surface area contributed by atoms with Crippen LogP contribution in [0.25, 0.3) is 0 Å². The predicted octanol–water partition coefficient (Wildman–Crippen LogP) is 2.20. The maximum atomic E-state index is 12.9. The number of benzene rings is 1. The van der Waals surface area contributed by atoms with Crippen molar-refractivity contribution >= 4 is 23.4 Å². The fourth-order valence-electron chi connectivity index (χ4n) is 1.15. The molecule has 0 saturated carbocycles. The van der Waals surface area contributed by atoms with Gasteiger partial charge in [0, 0.05) is 11.4 Å². The Hall–Kier alpha value is -1.23. The van der Waals surface area contributed by atoms with Gasteiger partial charge in [-0.1, -0.05) is 0 Å². The first-order valence-electron chi connectivity index (χ1n) is 4.90. The van der Waals surface area contributed by atoms with Crippen LogP contribution in [0.15, 0.2) is 18.2 Å². The van der Waals surface area contributed by atoms with Crippen molar-refractivity contribution in [2.45, 2.75) is 12.7 Å². The van der Waals surface area contributed by atoms with Crippen molar-refractivity contribution in [1.82, 2.24) is 0 Å². The Morgan fingerprint density at radius 1 is 1.56 bits per heavy atom. The van der Waals surface area contributed by atoms with Gasteiger partial charge in [0.05, 0.1) is 12.4 Å². The smallest absolute Gasteiger partial charge is 0.315 e. The molecule has 88 valence electrons. The fraction of sp³-hybridized carbons (Fsp3) is 0.364.